The zero-order valence-electron chi connectivity index (χ0n) is 18.6. The van der Waals surface area contributed by atoms with Crippen molar-refractivity contribution in [3.05, 3.63) is 29.8 Å². The number of likely N-dealkylation sites (tertiary alicyclic amines) is 2. The van der Waals surface area contributed by atoms with Gasteiger partial charge in [0.1, 0.15) is 0 Å². The molecule has 1 aromatic carbocycles. The van der Waals surface area contributed by atoms with Gasteiger partial charge in [0, 0.05) is 37.2 Å². The van der Waals surface area contributed by atoms with E-state index in [1.54, 1.807) is 0 Å². The van der Waals surface area contributed by atoms with E-state index in [2.05, 4.69) is 22.6 Å². The van der Waals surface area contributed by atoms with Gasteiger partial charge < -0.3 is 4.90 Å². The lowest BCUT2D eigenvalue weighted by Gasteiger charge is -2.27. The fraction of sp³-hybridized carbons (Fsp3) is 0.739. The van der Waals surface area contributed by atoms with Crippen molar-refractivity contribution in [2.75, 3.05) is 44.0 Å². The average molecular weight is 490 g/mol. The van der Waals surface area contributed by atoms with Gasteiger partial charge in [0.25, 0.3) is 5.92 Å². The van der Waals surface area contributed by atoms with Crippen LogP contribution >= 0.6 is 12.4 Å². The molecular weight excluding hydrogens is 456 g/mol. The minimum Gasteiger partial charge on any atom is -0.303 e. The summed E-state index contributed by atoms with van der Waals surface area (Å²) in [5.41, 5.74) is 2.08. The number of anilines is 1. The van der Waals surface area contributed by atoms with Gasteiger partial charge in [0.2, 0.25) is 10.0 Å². The number of hydrogen-bond acceptors (Lipinski definition) is 4. The number of piperidine rings is 1. The third-order valence-corrected chi connectivity index (χ3v) is 9.88. The molecule has 5 nitrogen and oxygen atoms in total. The average Bonchev–Trinajstić information content (AvgIpc) is 3.59. The van der Waals surface area contributed by atoms with Crippen LogP contribution in [0.25, 0.3) is 0 Å². The normalized spacial score (nSPS) is 31.8. The first-order chi connectivity index (χ1) is 14.7. The second-order valence-corrected chi connectivity index (χ2v) is 12.0. The Kier molecular flexibility index (Phi) is 6.55. The van der Waals surface area contributed by atoms with Crippen molar-refractivity contribution < 1.29 is 17.2 Å². The van der Waals surface area contributed by atoms with Crippen LogP contribution in [-0.2, 0) is 15.4 Å². The molecule has 0 unspecified atom stereocenters. The lowest BCUT2D eigenvalue weighted by molar-refractivity contribution is 0.0119. The molecule has 2 aliphatic heterocycles. The minimum absolute atomic E-state index is 0. The molecule has 0 amide bonds. The van der Waals surface area contributed by atoms with Gasteiger partial charge in [-0.05, 0) is 68.3 Å². The van der Waals surface area contributed by atoms with E-state index in [0.29, 0.717) is 24.1 Å². The second-order valence-electron chi connectivity index (χ2n) is 10.0. The summed E-state index contributed by atoms with van der Waals surface area (Å²) in [5, 5.41) is -0.225. The van der Waals surface area contributed by atoms with E-state index in [1.807, 2.05) is 23.1 Å². The Balaban J connectivity index is 0.00000245. The Hall–Kier alpha value is -0.960. The van der Waals surface area contributed by atoms with Gasteiger partial charge in [-0.1, -0.05) is 19.1 Å². The Morgan fingerprint density at radius 3 is 2.41 bits per heavy atom. The molecule has 0 aromatic heterocycles. The number of nitrogens with zero attached hydrogens (tertiary/aromatic N) is 2. The van der Waals surface area contributed by atoms with Crippen molar-refractivity contribution in [1.29, 1.82) is 0 Å². The molecule has 5 rings (SSSR count). The van der Waals surface area contributed by atoms with Crippen molar-refractivity contribution in [2.45, 2.75) is 55.6 Å². The van der Waals surface area contributed by atoms with Crippen molar-refractivity contribution in [3.8, 4) is 0 Å². The number of rotatable bonds is 9. The predicted octanol–water partition coefficient (Wildman–Crippen LogP) is 3.95. The Morgan fingerprint density at radius 2 is 1.81 bits per heavy atom. The SMILES string of the molecule is CC[C@]1(c2cccc(NS(=O)(=O)C3CC3)c2)[C@@H]2CN(CCCN3CCC(F)(F)C3)C[C@@H]21.Cl. The van der Waals surface area contributed by atoms with E-state index in [-0.39, 0.29) is 36.0 Å². The summed E-state index contributed by atoms with van der Waals surface area (Å²) in [6, 6.07) is 8.00. The summed E-state index contributed by atoms with van der Waals surface area (Å²) in [5.74, 6) is -1.30. The van der Waals surface area contributed by atoms with Gasteiger partial charge in [-0.15, -0.1) is 12.4 Å². The second kappa shape index (κ2) is 8.67. The molecule has 1 N–H and O–H groups in total. The van der Waals surface area contributed by atoms with Crippen LogP contribution in [-0.4, -0.2) is 68.7 Å². The van der Waals surface area contributed by atoms with Gasteiger partial charge in [-0.2, -0.15) is 0 Å². The number of halogens is 3. The van der Waals surface area contributed by atoms with Crippen LogP contribution in [0.1, 0.15) is 44.6 Å². The van der Waals surface area contributed by atoms with Crippen LogP contribution in [0.2, 0.25) is 0 Å². The summed E-state index contributed by atoms with van der Waals surface area (Å²) >= 11 is 0. The van der Waals surface area contributed by atoms with Crippen molar-refractivity contribution in [2.24, 2.45) is 11.8 Å². The van der Waals surface area contributed by atoms with Crippen LogP contribution in [0.3, 0.4) is 0 Å². The maximum Gasteiger partial charge on any atom is 0.261 e. The molecule has 9 heteroatoms. The highest BCUT2D eigenvalue weighted by Crippen LogP contribution is 2.65. The zero-order chi connectivity index (χ0) is 21.9. The smallest absolute Gasteiger partial charge is 0.261 e. The van der Waals surface area contributed by atoms with Gasteiger partial charge in [0.05, 0.1) is 11.8 Å². The first kappa shape index (κ1) is 24.2. The maximum absolute atomic E-state index is 13.3. The van der Waals surface area contributed by atoms with Gasteiger partial charge >= 0.3 is 0 Å². The molecule has 3 atom stereocenters. The van der Waals surface area contributed by atoms with Gasteiger partial charge in [-0.3, -0.25) is 9.62 Å². The fourth-order valence-electron chi connectivity index (χ4n) is 6.17. The largest absolute Gasteiger partial charge is 0.303 e. The van der Waals surface area contributed by atoms with E-state index in [9.17, 15) is 17.2 Å². The molecular formula is C23H34ClF2N3O2S. The van der Waals surface area contributed by atoms with Crippen molar-refractivity contribution >= 4 is 28.1 Å². The lowest BCUT2D eigenvalue weighted by atomic mass is 9.87. The van der Waals surface area contributed by atoms with E-state index < -0.39 is 15.9 Å². The number of sulfonamides is 1. The lowest BCUT2D eigenvalue weighted by Crippen LogP contribution is -2.33. The molecule has 0 spiro atoms. The highest BCUT2D eigenvalue weighted by atomic mass is 35.5. The predicted molar refractivity (Wildman–Crippen MR) is 125 cm³/mol. The highest BCUT2D eigenvalue weighted by molar-refractivity contribution is 7.93. The topological polar surface area (TPSA) is 52.7 Å². The van der Waals surface area contributed by atoms with E-state index in [4.69, 9.17) is 0 Å². The third-order valence-electron chi connectivity index (χ3n) is 8.02. The minimum atomic E-state index is -3.25. The summed E-state index contributed by atoms with van der Waals surface area (Å²) in [7, 11) is -3.25. The molecule has 2 saturated heterocycles. The van der Waals surface area contributed by atoms with Crippen LogP contribution in [0.4, 0.5) is 14.5 Å². The zero-order valence-corrected chi connectivity index (χ0v) is 20.2. The number of benzene rings is 1. The molecule has 2 aliphatic carbocycles. The Bertz CT molecular complexity index is 929. The molecule has 0 radical (unpaired) electrons. The number of alkyl halides is 2. The number of nitrogens with one attached hydrogen (secondary N) is 1. The van der Waals surface area contributed by atoms with Gasteiger partial charge in [0.15, 0.2) is 0 Å². The maximum atomic E-state index is 13.3. The molecule has 32 heavy (non-hydrogen) atoms. The summed E-state index contributed by atoms with van der Waals surface area (Å²) < 4.78 is 54.1. The molecule has 1 aromatic rings. The molecule has 4 aliphatic rings. The first-order valence-electron chi connectivity index (χ1n) is 11.7. The Morgan fingerprint density at radius 1 is 1.12 bits per heavy atom. The quantitative estimate of drug-likeness (QED) is 0.570. The van der Waals surface area contributed by atoms with E-state index in [1.165, 1.54) is 5.56 Å². The number of fused-ring (bicyclic) bond motifs is 1. The van der Waals surface area contributed by atoms with Gasteiger partial charge in [-0.25, -0.2) is 17.2 Å². The molecule has 2 heterocycles. The monoisotopic (exact) mass is 489 g/mol. The molecule has 4 fully saturated rings. The van der Waals surface area contributed by atoms with E-state index >= 15 is 0 Å². The summed E-state index contributed by atoms with van der Waals surface area (Å²) in [6.45, 7) is 6.48. The van der Waals surface area contributed by atoms with Crippen LogP contribution in [0.15, 0.2) is 24.3 Å². The van der Waals surface area contributed by atoms with Crippen LogP contribution < -0.4 is 4.72 Å². The standard InChI is InChI=1S/C23H33F2N3O2S.ClH/c1-2-23(17-5-3-6-18(13-17)26-31(29,30)19-7-8-19)20-14-28(15-21(20)23)11-4-10-27-12-9-22(24,25)16-27;/h3,5-6,13,19-21,26H,2,4,7-12,14-16H2,1H3;1H/t20-,21+,23+;. The van der Waals surface area contributed by atoms with Crippen molar-refractivity contribution in [1.82, 2.24) is 9.80 Å². The molecule has 180 valence electrons. The highest BCUT2D eigenvalue weighted by Gasteiger charge is 2.67. The van der Waals surface area contributed by atoms with Crippen LogP contribution in [0.5, 0.6) is 0 Å². The summed E-state index contributed by atoms with van der Waals surface area (Å²) in [4.78, 5) is 4.37. The van der Waals surface area contributed by atoms with Crippen LogP contribution in [0, 0.1) is 11.8 Å². The molecule has 2 saturated carbocycles. The molecule has 0 bridgehead atoms. The first-order valence-corrected chi connectivity index (χ1v) is 13.2. The summed E-state index contributed by atoms with van der Waals surface area (Å²) in [6.07, 6.45) is 3.50. The third kappa shape index (κ3) is 4.52. The Labute approximate surface area is 196 Å². The number of hydrogen-bond donors (Lipinski definition) is 1. The fourth-order valence-corrected chi connectivity index (χ4v) is 7.55. The van der Waals surface area contributed by atoms with E-state index in [0.717, 1.165) is 51.9 Å². The van der Waals surface area contributed by atoms with Crippen molar-refractivity contribution in [3.63, 3.8) is 0 Å².